The molecule has 0 amide bonds. The van der Waals surface area contributed by atoms with Crippen LogP contribution in [-0.4, -0.2) is 28.2 Å². The number of aromatic amines is 1. The van der Waals surface area contributed by atoms with Gasteiger partial charge in [0.1, 0.15) is 10.7 Å². The van der Waals surface area contributed by atoms with Gasteiger partial charge in [-0.15, -0.1) is 11.3 Å². The summed E-state index contributed by atoms with van der Waals surface area (Å²) in [6.45, 7) is 7.26. The Morgan fingerprint density at radius 2 is 2.21 bits per heavy atom. The van der Waals surface area contributed by atoms with E-state index in [1.807, 2.05) is 20.8 Å². The summed E-state index contributed by atoms with van der Waals surface area (Å²) in [5.74, 6) is 0.838. The molecular weight excluding hydrogens is 262 g/mol. The second-order valence-electron chi connectivity index (χ2n) is 4.89. The van der Waals surface area contributed by atoms with Crippen LogP contribution in [0, 0.1) is 19.8 Å². The highest BCUT2D eigenvalue weighted by Crippen LogP contribution is 2.25. The number of aryl methyl sites for hydroxylation is 2. The SMILES string of the molecule is Cc1sc2nc(CNCC(C)CO)[nH]c(=O)c2c1C. The third kappa shape index (κ3) is 3.02. The predicted molar refractivity (Wildman–Crippen MR) is 77.7 cm³/mol. The van der Waals surface area contributed by atoms with E-state index in [0.29, 0.717) is 24.3 Å². The average molecular weight is 281 g/mol. The molecule has 0 fully saturated rings. The lowest BCUT2D eigenvalue weighted by molar-refractivity contribution is 0.233. The van der Waals surface area contributed by atoms with Crippen LogP contribution in [0.25, 0.3) is 10.2 Å². The van der Waals surface area contributed by atoms with Crippen LogP contribution in [0.15, 0.2) is 4.79 Å². The summed E-state index contributed by atoms with van der Waals surface area (Å²) < 4.78 is 0. The third-order valence-electron chi connectivity index (χ3n) is 3.19. The van der Waals surface area contributed by atoms with Crippen LogP contribution in [0.4, 0.5) is 0 Å². The molecule has 2 rings (SSSR count). The molecule has 2 aromatic heterocycles. The zero-order chi connectivity index (χ0) is 14.0. The Hall–Kier alpha value is -1.24. The first kappa shape index (κ1) is 14.2. The highest BCUT2D eigenvalue weighted by Gasteiger charge is 2.11. The monoisotopic (exact) mass is 281 g/mol. The van der Waals surface area contributed by atoms with E-state index in [1.165, 1.54) is 0 Å². The second-order valence-corrected chi connectivity index (χ2v) is 6.10. The number of thiophene rings is 1. The Bertz CT molecular complexity index is 633. The molecule has 1 unspecified atom stereocenters. The minimum Gasteiger partial charge on any atom is -0.396 e. The Labute approximate surface area is 115 Å². The first-order chi connectivity index (χ1) is 9.02. The van der Waals surface area contributed by atoms with Gasteiger partial charge in [0.05, 0.1) is 11.9 Å². The van der Waals surface area contributed by atoms with Gasteiger partial charge in [-0.25, -0.2) is 4.98 Å². The number of hydrogen-bond donors (Lipinski definition) is 3. The Balaban J connectivity index is 2.20. The van der Waals surface area contributed by atoms with Gasteiger partial charge in [-0.3, -0.25) is 4.79 Å². The Morgan fingerprint density at radius 3 is 2.89 bits per heavy atom. The maximum atomic E-state index is 12.0. The van der Waals surface area contributed by atoms with E-state index in [1.54, 1.807) is 11.3 Å². The van der Waals surface area contributed by atoms with Crippen molar-refractivity contribution in [3.05, 3.63) is 26.6 Å². The van der Waals surface area contributed by atoms with Crippen LogP contribution in [0.2, 0.25) is 0 Å². The van der Waals surface area contributed by atoms with Crippen molar-refractivity contribution < 1.29 is 5.11 Å². The minimum atomic E-state index is -0.0705. The third-order valence-corrected chi connectivity index (χ3v) is 4.29. The standard InChI is InChI=1S/C13H19N3O2S/c1-7(6-17)4-14-5-10-15-12(18)11-8(2)9(3)19-13(11)16-10/h7,14,17H,4-6H2,1-3H3,(H,15,16,18). The molecule has 0 aromatic carbocycles. The van der Waals surface area contributed by atoms with Crippen molar-refractivity contribution in [2.45, 2.75) is 27.3 Å². The maximum absolute atomic E-state index is 12.0. The quantitative estimate of drug-likeness (QED) is 0.772. The molecule has 0 aliphatic carbocycles. The van der Waals surface area contributed by atoms with Crippen molar-refractivity contribution in [1.29, 1.82) is 0 Å². The molecule has 0 radical (unpaired) electrons. The molecule has 104 valence electrons. The highest BCUT2D eigenvalue weighted by molar-refractivity contribution is 7.18. The molecule has 1 atom stereocenters. The van der Waals surface area contributed by atoms with Crippen molar-refractivity contribution in [2.24, 2.45) is 5.92 Å². The molecule has 0 bridgehead atoms. The summed E-state index contributed by atoms with van der Waals surface area (Å²) in [5.41, 5.74) is 0.945. The normalized spacial score (nSPS) is 13.1. The number of nitrogens with one attached hydrogen (secondary N) is 2. The number of rotatable bonds is 5. The van der Waals surface area contributed by atoms with Gasteiger partial charge in [-0.2, -0.15) is 0 Å². The van der Waals surface area contributed by atoms with Crippen LogP contribution < -0.4 is 10.9 Å². The number of aliphatic hydroxyl groups excluding tert-OH is 1. The zero-order valence-electron chi connectivity index (χ0n) is 11.4. The van der Waals surface area contributed by atoms with Gasteiger partial charge in [0.15, 0.2) is 0 Å². The lowest BCUT2D eigenvalue weighted by Crippen LogP contribution is -2.25. The summed E-state index contributed by atoms with van der Waals surface area (Å²) in [5, 5.41) is 12.8. The van der Waals surface area contributed by atoms with Crippen molar-refractivity contribution >= 4 is 21.6 Å². The summed E-state index contributed by atoms with van der Waals surface area (Å²) in [6.07, 6.45) is 0. The molecule has 2 aromatic rings. The number of nitrogens with zero attached hydrogens (tertiary/aromatic N) is 1. The minimum absolute atomic E-state index is 0.0705. The average Bonchev–Trinajstić information content (AvgIpc) is 2.65. The molecule has 3 N–H and O–H groups in total. The molecular formula is C13H19N3O2S. The van der Waals surface area contributed by atoms with Gasteiger partial charge in [-0.1, -0.05) is 6.92 Å². The molecule has 0 spiro atoms. The van der Waals surface area contributed by atoms with Gasteiger partial charge < -0.3 is 15.4 Å². The summed E-state index contributed by atoms with van der Waals surface area (Å²) in [4.78, 5) is 21.2. The zero-order valence-corrected chi connectivity index (χ0v) is 12.2. The molecule has 0 aliphatic heterocycles. The van der Waals surface area contributed by atoms with E-state index in [0.717, 1.165) is 15.3 Å². The van der Waals surface area contributed by atoms with Crippen LogP contribution in [0.3, 0.4) is 0 Å². The fourth-order valence-corrected chi connectivity index (χ4v) is 2.93. The molecule has 0 saturated carbocycles. The van der Waals surface area contributed by atoms with Crippen molar-refractivity contribution in [3.63, 3.8) is 0 Å². The first-order valence-electron chi connectivity index (χ1n) is 6.33. The lowest BCUT2D eigenvalue weighted by atomic mass is 10.2. The van der Waals surface area contributed by atoms with Crippen molar-refractivity contribution in [2.75, 3.05) is 13.2 Å². The van der Waals surface area contributed by atoms with Crippen molar-refractivity contribution in [3.8, 4) is 0 Å². The smallest absolute Gasteiger partial charge is 0.259 e. The van der Waals surface area contributed by atoms with E-state index in [-0.39, 0.29) is 18.1 Å². The van der Waals surface area contributed by atoms with Crippen LogP contribution in [0.1, 0.15) is 23.2 Å². The summed E-state index contributed by atoms with van der Waals surface area (Å²) >= 11 is 1.55. The summed E-state index contributed by atoms with van der Waals surface area (Å²) in [7, 11) is 0. The largest absolute Gasteiger partial charge is 0.396 e. The lowest BCUT2D eigenvalue weighted by Gasteiger charge is -2.08. The van der Waals surface area contributed by atoms with Gasteiger partial charge in [0, 0.05) is 18.0 Å². The van der Waals surface area contributed by atoms with Gasteiger partial charge in [0.2, 0.25) is 0 Å². The molecule has 6 heteroatoms. The van der Waals surface area contributed by atoms with E-state index in [2.05, 4.69) is 15.3 Å². The van der Waals surface area contributed by atoms with Gasteiger partial charge >= 0.3 is 0 Å². The first-order valence-corrected chi connectivity index (χ1v) is 7.15. The maximum Gasteiger partial charge on any atom is 0.259 e. The number of fused-ring (bicyclic) bond motifs is 1. The van der Waals surface area contributed by atoms with Crippen LogP contribution in [-0.2, 0) is 6.54 Å². The van der Waals surface area contributed by atoms with Gasteiger partial charge in [-0.05, 0) is 25.3 Å². The number of H-pyrrole nitrogens is 1. The van der Waals surface area contributed by atoms with Crippen molar-refractivity contribution in [1.82, 2.24) is 15.3 Å². The fourth-order valence-electron chi connectivity index (χ4n) is 1.88. The highest BCUT2D eigenvalue weighted by atomic mass is 32.1. The fraction of sp³-hybridized carbons (Fsp3) is 0.538. The van der Waals surface area contributed by atoms with E-state index >= 15 is 0 Å². The van der Waals surface area contributed by atoms with E-state index in [4.69, 9.17) is 5.11 Å². The Morgan fingerprint density at radius 1 is 1.47 bits per heavy atom. The number of aromatic nitrogens is 2. The van der Waals surface area contributed by atoms with Gasteiger partial charge in [0.25, 0.3) is 5.56 Å². The Kier molecular flexibility index (Phi) is 4.34. The number of hydrogen-bond acceptors (Lipinski definition) is 5. The van der Waals surface area contributed by atoms with Crippen LogP contribution in [0.5, 0.6) is 0 Å². The summed E-state index contributed by atoms with van der Waals surface area (Å²) in [6, 6.07) is 0. The van der Waals surface area contributed by atoms with E-state index in [9.17, 15) is 4.79 Å². The second kappa shape index (κ2) is 5.81. The molecule has 5 nitrogen and oxygen atoms in total. The molecule has 0 aliphatic rings. The molecule has 0 saturated heterocycles. The van der Waals surface area contributed by atoms with Crippen LogP contribution >= 0.6 is 11.3 Å². The molecule has 19 heavy (non-hydrogen) atoms. The topological polar surface area (TPSA) is 78.0 Å². The van der Waals surface area contributed by atoms with E-state index < -0.39 is 0 Å². The predicted octanol–water partition coefficient (Wildman–Crippen LogP) is 1.32. The number of aliphatic hydroxyl groups is 1. The molecule has 2 heterocycles.